The molecule has 0 saturated carbocycles. The number of amides is 4. The average molecular weight is 666 g/mol. The maximum absolute atomic E-state index is 14.0. The van der Waals surface area contributed by atoms with E-state index in [0.29, 0.717) is 32.1 Å². The lowest BCUT2D eigenvalue weighted by molar-refractivity contribution is -0.143. The molecule has 236 valence electrons. The molecule has 1 atom stereocenters. The molecule has 44 heavy (non-hydrogen) atoms. The molecule has 0 spiro atoms. The molecule has 9 nitrogen and oxygen atoms in total. The number of hydrogen-bond donors (Lipinski definition) is 2. The zero-order chi connectivity index (χ0) is 30.6. The monoisotopic (exact) mass is 664 g/mol. The van der Waals surface area contributed by atoms with E-state index in [4.69, 9.17) is 0 Å². The van der Waals surface area contributed by atoms with Crippen LogP contribution in [0.5, 0.6) is 0 Å². The molecular weight excluding hydrogens is 620 g/mol. The van der Waals surface area contributed by atoms with Gasteiger partial charge in [-0.15, -0.1) is 0 Å². The normalized spacial score (nSPS) is 21.1. The second kappa shape index (κ2) is 14.0. The van der Waals surface area contributed by atoms with Crippen LogP contribution < -0.4 is 10.6 Å². The molecule has 0 bridgehead atoms. The van der Waals surface area contributed by atoms with Gasteiger partial charge in [0, 0.05) is 87.6 Å². The number of benzene rings is 2. The lowest BCUT2D eigenvalue weighted by atomic mass is 9.91. The molecular formula is C34H45BrN6O3. The van der Waals surface area contributed by atoms with Crippen molar-refractivity contribution in [1.82, 2.24) is 24.9 Å². The smallest absolute Gasteiger partial charge is 0.322 e. The van der Waals surface area contributed by atoms with Crippen LogP contribution in [0.3, 0.4) is 0 Å². The summed E-state index contributed by atoms with van der Waals surface area (Å²) in [6, 6.07) is 14.7. The van der Waals surface area contributed by atoms with Gasteiger partial charge in [-0.3, -0.25) is 14.5 Å². The molecule has 4 aliphatic rings. The van der Waals surface area contributed by atoms with Crippen LogP contribution in [-0.4, -0.2) is 102 Å². The fourth-order valence-corrected chi connectivity index (χ4v) is 7.65. The number of para-hydroxylation sites is 1. The van der Waals surface area contributed by atoms with Crippen LogP contribution in [-0.2, 0) is 22.6 Å². The molecule has 3 saturated heterocycles. The number of rotatable bonds is 7. The average Bonchev–Trinajstić information content (AvgIpc) is 3.06. The van der Waals surface area contributed by atoms with Crippen molar-refractivity contribution in [3.63, 3.8) is 0 Å². The van der Waals surface area contributed by atoms with E-state index in [1.807, 2.05) is 39.0 Å². The first-order valence-electron chi connectivity index (χ1n) is 16.3. The largest absolute Gasteiger partial charge is 0.343 e. The van der Waals surface area contributed by atoms with Crippen molar-refractivity contribution in [3.05, 3.63) is 63.6 Å². The van der Waals surface area contributed by atoms with Gasteiger partial charge in [0.15, 0.2) is 0 Å². The fourth-order valence-electron chi connectivity index (χ4n) is 7.41. The number of anilines is 1. The van der Waals surface area contributed by atoms with Gasteiger partial charge in [0.1, 0.15) is 0 Å². The third-order valence-electron chi connectivity index (χ3n) is 10.0. The quantitative estimate of drug-likeness (QED) is 0.463. The minimum Gasteiger partial charge on any atom is -0.343 e. The molecule has 0 aliphatic carbocycles. The van der Waals surface area contributed by atoms with Crippen LogP contribution in [0.25, 0.3) is 0 Å². The molecule has 1 unspecified atom stereocenters. The van der Waals surface area contributed by atoms with E-state index in [0.717, 1.165) is 91.8 Å². The van der Waals surface area contributed by atoms with Gasteiger partial charge in [-0.1, -0.05) is 46.3 Å². The minimum absolute atomic E-state index is 0.0415. The van der Waals surface area contributed by atoms with Gasteiger partial charge >= 0.3 is 6.03 Å². The Morgan fingerprint density at radius 2 is 1.59 bits per heavy atom. The number of urea groups is 1. The van der Waals surface area contributed by atoms with Crippen LogP contribution in [0, 0.1) is 12.8 Å². The zero-order valence-electron chi connectivity index (χ0n) is 25.8. The summed E-state index contributed by atoms with van der Waals surface area (Å²) in [7, 11) is 0. The van der Waals surface area contributed by atoms with Crippen molar-refractivity contribution in [2.45, 2.75) is 64.1 Å². The fraction of sp³-hybridized carbons (Fsp3) is 0.559. The number of nitrogens with one attached hydrogen (secondary N) is 2. The maximum atomic E-state index is 14.0. The van der Waals surface area contributed by atoms with Crippen LogP contribution >= 0.6 is 15.9 Å². The highest BCUT2D eigenvalue weighted by atomic mass is 79.9. The SMILES string of the molecule is Cc1cc(CC(CC(=O)N2CCC(N3Cc4ccccc4NC3=O)CC2)C(=O)N2CCC(N3CCNCC3)CC2)ccc1Br. The lowest BCUT2D eigenvalue weighted by Gasteiger charge is -2.42. The van der Waals surface area contributed by atoms with Gasteiger partial charge in [-0.05, 0) is 67.9 Å². The van der Waals surface area contributed by atoms with Crippen molar-refractivity contribution >= 4 is 39.5 Å². The second-order valence-electron chi connectivity index (χ2n) is 12.9. The van der Waals surface area contributed by atoms with Crippen molar-refractivity contribution in [3.8, 4) is 0 Å². The van der Waals surface area contributed by atoms with E-state index < -0.39 is 0 Å². The first-order valence-corrected chi connectivity index (χ1v) is 17.1. The highest BCUT2D eigenvalue weighted by Crippen LogP contribution is 2.29. The summed E-state index contributed by atoms with van der Waals surface area (Å²) >= 11 is 3.59. The summed E-state index contributed by atoms with van der Waals surface area (Å²) in [6.07, 6.45) is 4.24. The van der Waals surface area contributed by atoms with E-state index in [1.54, 1.807) is 0 Å². The molecule has 6 rings (SSSR count). The minimum atomic E-state index is -0.388. The van der Waals surface area contributed by atoms with Gasteiger partial charge in [-0.25, -0.2) is 4.79 Å². The maximum Gasteiger partial charge on any atom is 0.322 e. The van der Waals surface area contributed by atoms with Gasteiger partial charge in [0.2, 0.25) is 11.8 Å². The highest BCUT2D eigenvalue weighted by Gasteiger charge is 2.36. The van der Waals surface area contributed by atoms with Gasteiger partial charge in [0.05, 0.1) is 5.92 Å². The Kier molecular flexibility index (Phi) is 9.88. The molecule has 0 aromatic heterocycles. The number of hydrogen-bond acceptors (Lipinski definition) is 5. The van der Waals surface area contributed by atoms with E-state index in [2.05, 4.69) is 56.6 Å². The number of piperazine rings is 1. The summed E-state index contributed by atoms with van der Waals surface area (Å²) in [5.74, 6) is -0.239. The molecule has 2 N–H and O–H groups in total. The van der Waals surface area contributed by atoms with E-state index >= 15 is 0 Å². The zero-order valence-corrected chi connectivity index (χ0v) is 27.4. The Morgan fingerprint density at radius 3 is 2.32 bits per heavy atom. The molecule has 2 aromatic carbocycles. The topological polar surface area (TPSA) is 88.2 Å². The standard InChI is InChI=1S/C34H45BrN6O3/c1-24-20-25(6-7-30(24)35)21-27(33(43)40-16-8-28(9-17-40)38-18-12-36-13-19-38)22-32(42)39-14-10-29(11-15-39)41-23-26-4-2-3-5-31(26)37-34(41)44/h2-7,20,27-29,36H,8-19,21-23H2,1H3,(H,37,44). The van der Waals surface area contributed by atoms with Crippen molar-refractivity contribution < 1.29 is 14.4 Å². The van der Waals surface area contributed by atoms with Crippen LogP contribution in [0.1, 0.15) is 48.8 Å². The lowest BCUT2D eigenvalue weighted by Crippen LogP contribution is -2.53. The first kappa shape index (κ1) is 31.0. The van der Waals surface area contributed by atoms with Gasteiger partial charge in [-0.2, -0.15) is 0 Å². The number of carbonyl (C=O) groups is 3. The molecule has 2 aromatic rings. The van der Waals surface area contributed by atoms with Crippen LogP contribution in [0.4, 0.5) is 10.5 Å². The van der Waals surface area contributed by atoms with Gasteiger partial charge in [0.25, 0.3) is 0 Å². The van der Waals surface area contributed by atoms with Gasteiger partial charge < -0.3 is 25.3 Å². The van der Waals surface area contributed by atoms with Crippen molar-refractivity contribution in [2.24, 2.45) is 5.92 Å². The Bertz CT molecular complexity index is 1350. The van der Waals surface area contributed by atoms with E-state index in [-0.39, 0.29) is 36.2 Å². The highest BCUT2D eigenvalue weighted by molar-refractivity contribution is 9.10. The Hall–Kier alpha value is -2.95. The van der Waals surface area contributed by atoms with Crippen molar-refractivity contribution in [2.75, 3.05) is 57.7 Å². The Labute approximate surface area is 269 Å². The Morgan fingerprint density at radius 1 is 0.909 bits per heavy atom. The summed E-state index contributed by atoms with van der Waals surface area (Å²) in [5.41, 5.74) is 4.21. The Balaban J connectivity index is 1.08. The van der Waals surface area contributed by atoms with E-state index in [1.165, 1.54) is 0 Å². The summed E-state index contributed by atoms with van der Waals surface area (Å²) < 4.78 is 1.05. The molecule has 4 aliphatic heterocycles. The molecule has 10 heteroatoms. The summed E-state index contributed by atoms with van der Waals surface area (Å²) in [6.45, 7) is 9.58. The molecule has 4 amide bonds. The molecule has 4 heterocycles. The third-order valence-corrected chi connectivity index (χ3v) is 10.9. The number of fused-ring (bicyclic) bond motifs is 1. The van der Waals surface area contributed by atoms with Crippen molar-refractivity contribution in [1.29, 1.82) is 0 Å². The molecule has 3 fully saturated rings. The summed E-state index contributed by atoms with van der Waals surface area (Å²) in [5, 5.41) is 6.45. The number of piperidine rings is 2. The second-order valence-corrected chi connectivity index (χ2v) is 13.7. The van der Waals surface area contributed by atoms with Crippen LogP contribution in [0.2, 0.25) is 0 Å². The first-order chi connectivity index (χ1) is 21.4. The number of likely N-dealkylation sites (tertiary alicyclic amines) is 2. The number of halogens is 1. The molecule has 0 radical (unpaired) electrons. The predicted molar refractivity (Wildman–Crippen MR) is 175 cm³/mol. The van der Waals surface area contributed by atoms with E-state index in [9.17, 15) is 14.4 Å². The number of nitrogens with zero attached hydrogens (tertiary/aromatic N) is 4. The summed E-state index contributed by atoms with van der Waals surface area (Å²) in [4.78, 5) is 49.0. The number of aryl methyl sites for hydroxylation is 1. The number of carbonyl (C=O) groups excluding carboxylic acids is 3. The van der Waals surface area contributed by atoms with Crippen LogP contribution in [0.15, 0.2) is 46.9 Å². The third kappa shape index (κ3) is 7.13. The predicted octanol–water partition coefficient (Wildman–Crippen LogP) is 4.24.